The van der Waals surface area contributed by atoms with Gasteiger partial charge in [-0.05, 0) is 42.8 Å². The number of benzene rings is 1. The van der Waals surface area contributed by atoms with Crippen LogP contribution in [0, 0.1) is 0 Å². The van der Waals surface area contributed by atoms with Crippen LogP contribution in [0.3, 0.4) is 0 Å². The summed E-state index contributed by atoms with van der Waals surface area (Å²) in [5, 5.41) is 4.33. The van der Waals surface area contributed by atoms with E-state index in [9.17, 15) is 0 Å². The lowest BCUT2D eigenvalue weighted by molar-refractivity contribution is 0.640. The Morgan fingerprint density at radius 3 is 2.67 bits per heavy atom. The summed E-state index contributed by atoms with van der Waals surface area (Å²) in [5.41, 5.74) is 1.23. The normalized spacial score (nSPS) is 12.6. The Balaban J connectivity index is 2.33. The summed E-state index contributed by atoms with van der Waals surface area (Å²) in [7, 11) is 0. The maximum absolute atomic E-state index is 6.08. The average molecular weight is 280 g/mol. The van der Waals surface area contributed by atoms with E-state index in [0.29, 0.717) is 0 Å². The van der Waals surface area contributed by atoms with E-state index in [1.165, 1.54) is 15.3 Å². The summed E-state index contributed by atoms with van der Waals surface area (Å²) in [4.78, 5) is 2.78. The van der Waals surface area contributed by atoms with Crippen molar-refractivity contribution in [3.05, 3.63) is 56.7 Å². The van der Waals surface area contributed by atoms with Gasteiger partial charge in [-0.25, -0.2) is 0 Å². The van der Waals surface area contributed by atoms with Crippen molar-refractivity contribution < 1.29 is 0 Å². The summed E-state index contributed by atoms with van der Waals surface area (Å²) < 4.78 is 0. The first-order chi connectivity index (χ1) is 8.74. The van der Waals surface area contributed by atoms with E-state index < -0.39 is 0 Å². The fourth-order valence-corrected chi connectivity index (χ4v) is 3.27. The monoisotopic (exact) mass is 279 g/mol. The zero-order chi connectivity index (χ0) is 13.0. The summed E-state index contributed by atoms with van der Waals surface area (Å²) in [6, 6.07) is 12.8. The van der Waals surface area contributed by atoms with Gasteiger partial charge in [0.15, 0.2) is 0 Å². The zero-order valence-electron chi connectivity index (χ0n) is 10.7. The van der Waals surface area contributed by atoms with Gasteiger partial charge in [0.25, 0.3) is 0 Å². The molecule has 0 amide bonds. The van der Waals surface area contributed by atoms with Gasteiger partial charge in [-0.3, -0.25) is 0 Å². The standard InChI is InChI=1S/C15H18ClNS/c1-3-13-8-9-14(18-13)15(17-4-2)11-6-5-7-12(16)10-11/h5-10,15,17H,3-4H2,1-2H3. The van der Waals surface area contributed by atoms with Crippen LogP contribution in [-0.2, 0) is 6.42 Å². The predicted octanol–water partition coefficient (Wildman–Crippen LogP) is 4.66. The molecule has 1 aromatic heterocycles. The van der Waals surface area contributed by atoms with Gasteiger partial charge in [-0.15, -0.1) is 11.3 Å². The van der Waals surface area contributed by atoms with Crippen LogP contribution in [0.2, 0.25) is 5.02 Å². The number of rotatable bonds is 5. The van der Waals surface area contributed by atoms with Gasteiger partial charge in [0.2, 0.25) is 0 Å². The van der Waals surface area contributed by atoms with Crippen molar-refractivity contribution in [2.45, 2.75) is 26.3 Å². The van der Waals surface area contributed by atoms with Crippen molar-refractivity contribution in [3.8, 4) is 0 Å². The molecular formula is C15H18ClNS. The Morgan fingerprint density at radius 2 is 2.06 bits per heavy atom. The number of hydrogen-bond acceptors (Lipinski definition) is 2. The largest absolute Gasteiger partial charge is 0.306 e. The molecule has 18 heavy (non-hydrogen) atoms. The highest BCUT2D eigenvalue weighted by molar-refractivity contribution is 7.12. The smallest absolute Gasteiger partial charge is 0.0671 e. The molecular weight excluding hydrogens is 262 g/mol. The van der Waals surface area contributed by atoms with Crippen molar-refractivity contribution in [3.63, 3.8) is 0 Å². The summed E-state index contributed by atoms with van der Waals surface area (Å²) in [5.74, 6) is 0. The third-order valence-corrected chi connectivity index (χ3v) is 4.44. The van der Waals surface area contributed by atoms with Crippen LogP contribution in [0.25, 0.3) is 0 Å². The van der Waals surface area contributed by atoms with Crippen molar-refractivity contribution >= 4 is 22.9 Å². The molecule has 0 bridgehead atoms. The van der Waals surface area contributed by atoms with Gasteiger partial charge < -0.3 is 5.32 Å². The molecule has 0 aliphatic carbocycles. The van der Waals surface area contributed by atoms with Gasteiger partial charge in [-0.2, -0.15) is 0 Å². The fraction of sp³-hybridized carbons (Fsp3) is 0.333. The Labute approximate surface area is 118 Å². The molecule has 0 saturated heterocycles. The maximum atomic E-state index is 6.08. The maximum Gasteiger partial charge on any atom is 0.0671 e. The summed E-state index contributed by atoms with van der Waals surface area (Å²) >= 11 is 7.96. The molecule has 1 atom stereocenters. The Hall–Kier alpha value is -0.830. The van der Waals surface area contributed by atoms with E-state index in [1.807, 2.05) is 29.5 Å². The molecule has 0 spiro atoms. The van der Waals surface area contributed by atoms with Crippen molar-refractivity contribution in [1.82, 2.24) is 5.32 Å². The van der Waals surface area contributed by atoms with E-state index in [4.69, 9.17) is 11.6 Å². The van der Waals surface area contributed by atoms with Gasteiger partial charge in [0.1, 0.15) is 0 Å². The number of hydrogen-bond donors (Lipinski definition) is 1. The Kier molecular flexibility index (Phi) is 4.81. The van der Waals surface area contributed by atoms with E-state index in [2.05, 4.69) is 37.4 Å². The molecule has 1 nitrogen and oxygen atoms in total. The number of thiophene rings is 1. The van der Waals surface area contributed by atoms with Crippen LogP contribution in [0.5, 0.6) is 0 Å². The third kappa shape index (κ3) is 3.14. The molecule has 0 radical (unpaired) electrons. The van der Waals surface area contributed by atoms with Gasteiger partial charge in [0.05, 0.1) is 6.04 Å². The molecule has 1 unspecified atom stereocenters. The summed E-state index contributed by atoms with van der Waals surface area (Å²) in [6.07, 6.45) is 1.10. The highest BCUT2D eigenvalue weighted by atomic mass is 35.5. The molecule has 3 heteroatoms. The second-order valence-corrected chi connectivity index (χ2v) is 5.84. The molecule has 0 aliphatic heterocycles. The topological polar surface area (TPSA) is 12.0 Å². The molecule has 1 aromatic carbocycles. The number of nitrogens with one attached hydrogen (secondary N) is 1. The SMILES string of the molecule is CCNC(c1cccc(Cl)c1)c1ccc(CC)s1. The lowest BCUT2D eigenvalue weighted by Crippen LogP contribution is -2.20. The lowest BCUT2D eigenvalue weighted by atomic mass is 10.1. The predicted molar refractivity (Wildman–Crippen MR) is 80.7 cm³/mol. The lowest BCUT2D eigenvalue weighted by Gasteiger charge is -2.17. The average Bonchev–Trinajstić information content (AvgIpc) is 2.84. The van der Waals surface area contributed by atoms with Crippen LogP contribution in [0.15, 0.2) is 36.4 Å². The first-order valence-corrected chi connectivity index (χ1v) is 7.51. The van der Waals surface area contributed by atoms with E-state index in [-0.39, 0.29) is 6.04 Å². The quantitative estimate of drug-likeness (QED) is 0.839. The minimum atomic E-state index is 0.249. The second kappa shape index (κ2) is 6.37. The van der Waals surface area contributed by atoms with Crippen LogP contribution in [-0.4, -0.2) is 6.54 Å². The van der Waals surface area contributed by atoms with E-state index in [1.54, 1.807) is 0 Å². The number of aryl methyl sites for hydroxylation is 1. The van der Waals surface area contributed by atoms with Crippen LogP contribution in [0.4, 0.5) is 0 Å². The Morgan fingerprint density at radius 1 is 1.22 bits per heavy atom. The summed E-state index contributed by atoms with van der Waals surface area (Å²) in [6.45, 7) is 5.26. The van der Waals surface area contributed by atoms with Crippen molar-refractivity contribution in [2.75, 3.05) is 6.54 Å². The molecule has 1 N–H and O–H groups in total. The van der Waals surface area contributed by atoms with Crippen molar-refractivity contribution in [2.24, 2.45) is 0 Å². The molecule has 0 saturated carbocycles. The van der Waals surface area contributed by atoms with Crippen molar-refractivity contribution in [1.29, 1.82) is 0 Å². The molecule has 2 rings (SSSR count). The van der Waals surface area contributed by atoms with Gasteiger partial charge >= 0.3 is 0 Å². The van der Waals surface area contributed by atoms with Crippen LogP contribution >= 0.6 is 22.9 Å². The van der Waals surface area contributed by atoms with E-state index in [0.717, 1.165) is 18.0 Å². The molecule has 1 heterocycles. The minimum absolute atomic E-state index is 0.249. The first kappa shape index (κ1) is 13.6. The highest BCUT2D eigenvalue weighted by Gasteiger charge is 2.15. The molecule has 0 aliphatic rings. The second-order valence-electron chi connectivity index (χ2n) is 4.20. The van der Waals surface area contributed by atoms with Crippen LogP contribution < -0.4 is 5.32 Å². The fourth-order valence-electron chi connectivity index (χ4n) is 2.01. The Bertz CT molecular complexity index is 507. The molecule has 96 valence electrons. The van der Waals surface area contributed by atoms with Gasteiger partial charge in [0, 0.05) is 14.8 Å². The van der Waals surface area contributed by atoms with E-state index >= 15 is 0 Å². The third-order valence-electron chi connectivity index (χ3n) is 2.91. The number of halogens is 1. The zero-order valence-corrected chi connectivity index (χ0v) is 12.3. The first-order valence-electron chi connectivity index (χ1n) is 6.32. The minimum Gasteiger partial charge on any atom is -0.306 e. The highest BCUT2D eigenvalue weighted by Crippen LogP contribution is 2.30. The molecule has 0 fully saturated rings. The van der Waals surface area contributed by atoms with Crippen LogP contribution in [0.1, 0.15) is 35.2 Å². The molecule has 2 aromatic rings. The van der Waals surface area contributed by atoms with Gasteiger partial charge in [-0.1, -0.05) is 37.6 Å².